The van der Waals surface area contributed by atoms with E-state index in [1.54, 1.807) is 26.0 Å². The Morgan fingerprint density at radius 2 is 1.25 bits per heavy atom. The van der Waals surface area contributed by atoms with Gasteiger partial charge in [0.1, 0.15) is 0 Å². The van der Waals surface area contributed by atoms with Crippen LogP contribution in [-0.2, 0) is 0 Å². The molecule has 0 aliphatic carbocycles. The molecule has 0 heteroatoms. The quantitative estimate of drug-likeness (QED) is 0.409. The van der Waals surface area contributed by atoms with Gasteiger partial charge in [0.15, 0.2) is 0 Å². The summed E-state index contributed by atoms with van der Waals surface area (Å²) < 4.78 is 0. The summed E-state index contributed by atoms with van der Waals surface area (Å²) in [5.41, 5.74) is 0. The van der Waals surface area contributed by atoms with Crippen molar-refractivity contribution in [2.75, 3.05) is 0 Å². The highest BCUT2D eigenvalue weighted by Crippen LogP contribution is 1.64. The molecule has 0 aromatic rings. The zero-order chi connectivity index (χ0) is 6.24. The standard InChI is InChI=1S/C8H8/c1-3-5-7-8-6-4-2/h7-8H,1-2H3. The van der Waals surface area contributed by atoms with Gasteiger partial charge < -0.3 is 0 Å². The van der Waals surface area contributed by atoms with Gasteiger partial charge in [0, 0.05) is 0 Å². The molecule has 0 aromatic carbocycles. The van der Waals surface area contributed by atoms with Crippen molar-refractivity contribution < 1.29 is 0 Å². The molecule has 0 saturated carbocycles. The van der Waals surface area contributed by atoms with E-state index in [9.17, 15) is 0 Å². The van der Waals surface area contributed by atoms with E-state index in [1.165, 1.54) is 0 Å². The average Bonchev–Trinajstić information content (AvgIpc) is 1.81. The topological polar surface area (TPSA) is 0 Å². The average molecular weight is 104 g/mol. The largest absolute Gasteiger partial charge is 0.102 e. The van der Waals surface area contributed by atoms with Crippen LogP contribution in [0.2, 0.25) is 0 Å². The molecular weight excluding hydrogens is 96.1 g/mol. The molecule has 0 aliphatic heterocycles. The normalized spacial score (nSPS) is 6.75. The molecule has 8 heavy (non-hydrogen) atoms. The first-order valence-corrected chi connectivity index (χ1v) is 2.41. The van der Waals surface area contributed by atoms with Gasteiger partial charge in [-0.2, -0.15) is 0 Å². The highest BCUT2D eigenvalue weighted by atomic mass is 13.6. The second kappa shape index (κ2) is 5.86. The summed E-state index contributed by atoms with van der Waals surface area (Å²) in [6.07, 6.45) is 3.47. The van der Waals surface area contributed by atoms with Crippen LogP contribution in [0.5, 0.6) is 0 Å². The van der Waals surface area contributed by atoms with Crippen molar-refractivity contribution in [3.8, 4) is 23.7 Å². The Labute approximate surface area is 50.6 Å². The van der Waals surface area contributed by atoms with Crippen LogP contribution in [0.4, 0.5) is 0 Å². The van der Waals surface area contributed by atoms with E-state index in [-0.39, 0.29) is 0 Å². The monoisotopic (exact) mass is 104 g/mol. The lowest BCUT2D eigenvalue weighted by Gasteiger charge is -1.59. The van der Waals surface area contributed by atoms with Crippen LogP contribution in [-0.4, -0.2) is 0 Å². The fourth-order valence-corrected chi connectivity index (χ4v) is 0.250. The molecule has 0 aromatic heterocycles. The zero-order valence-electron chi connectivity index (χ0n) is 5.15. The maximum absolute atomic E-state index is 2.75. The Bertz CT molecular complexity index is 154. The predicted molar refractivity (Wildman–Crippen MR) is 36.0 cm³/mol. The predicted octanol–water partition coefficient (Wildman–Crippen LogP) is 1.59. The maximum atomic E-state index is 2.75. The second-order valence-electron chi connectivity index (χ2n) is 1.12. The van der Waals surface area contributed by atoms with Gasteiger partial charge in [0.05, 0.1) is 0 Å². The second-order valence-corrected chi connectivity index (χ2v) is 1.12. The molecule has 0 unspecified atom stereocenters. The van der Waals surface area contributed by atoms with E-state index in [4.69, 9.17) is 0 Å². The first-order chi connectivity index (χ1) is 3.91. The number of hydrogen-bond acceptors (Lipinski definition) is 0. The van der Waals surface area contributed by atoms with E-state index in [0.29, 0.717) is 0 Å². The molecule has 0 amide bonds. The van der Waals surface area contributed by atoms with Crippen LogP contribution in [0, 0.1) is 23.7 Å². The van der Waals surface area contributed by atoms with Crippen LogP contribution in [0.1, 0.15) is 13.8 Å². The van der Waals surface area contributed by atoms with Crippen molar-refractivity contribution in [3.05, 3.63) is 12.2 Å². The van der Waals surface area contributed by atoms with Crippen molar-refractivity contribution in [3.63, 3.8) is 0 Å². The summed E-state index contributed by atoms with van der Waals surface area (Å²) in [6.45, 7) is 3.59. The van der Waals surface area contributed by atoms with Gasteiger partial charge in [-0.1, -0.05) is 11.8 Å². The Morgan fingerprint density at radius 3 is 1.50 bits per heavy atom. The summed E-state index contributed by atoms with van der Waals surface area (Å²) in [5, 5.41) is 0. The van der Waals surface area contributed by atoms with Crippen molar-refractivity contribution >= 4 is 0 Å². The third kappa shape index (κ3) is 4.86. The van der Waals surface area contributed by atoms with E-state index in [2.05, 4.69) is 23.7 Å². The molecule has 0 bridgehead atoms. The van der Waals surface area contributed by atoms with Gasteiger partial charge in [0.25, 0.3) is 0 Å². The SMILES string of the molecule is CC#CC=CC#CC. The van der Waals surface area contributed by atoms with Gasteiger partial charge in [0.2, 0.25) is 0 Å². The Kier molecular flexibility index (Phi) is 5.02. The molecule has 0 rings (SSSR count). The molecular formula is C8H8. The minimum absolute atomic E-state index is 1.73. The minimum Gasteiger partial charge on any atom is -0.102 e. The van der Waals surface area contributed by atoms with Crippen molar-refractivity contribution in [1.29, 1.82) is 0 Å². The fourth-order valence-electron chi connectivity index (χ4n) is 0.250. The lowest BCUT2D eigenvalue weighted by molar-refractivity contribution is 1.89. The lowest BCUT2D eigenvalue weighted by atomic mass is 10.5. The molecule has 0 aliphatic rings. The highest BCUT2D eigenvalue weighted by Gasteiger charge is 1.52. The first-order valence-electron chi connectivity index (χ1n) is 2.41. The van der Waals surface area contributed by atoms with Crippen LogP contribution >= 0.6 is 0 Å². The third-order valence-electron chi connectivity index (χ3n) is 0.539. The van der Waals surface area contributed by atoms with Gasteiger partial charge in [-0.15, -0.1) is 11.8 Å². The molecule has 0 heterocycles. The maximum Gasteiger partial charge on any atom is -0.00235 e. The number of hydrogen-bond donors (Lipinski definition) is 0. The molecule has 0 fully saturated rings. The zero-order valence-corrected chi connectivity index (χ0v) is 5.15. The fraction of sp³-hybridized carbons (Fsp3) is 0.250. The molecule has 0 saturated heterocycles. The first kappa shape index (κ1) is 6.86. The third-order valence-corrected chi connectivity index (χ3v) is 0.539. The number of allylic oxidation sites excluding steroid dienone is 2. The molecule has 0 N–H and O–H groups in total. The van der Waals surface area contributed by atoms with E-state index in [1.807, 2.05) is 0 Å². The van der Waals surface area contributed by atoms with E-state index >= 15 is 0 Å². The smallest absolute Gasteiger partial charge is 0.00235 e. The van der Waals surface area contributed by atoms with Crippen molar-refractivity contribution in [2.24, 2.45) is 0 Å². The minimum atomic E-state index is 1.73. The Morgan fingerprint density at radius 1 is 0.875 bits per heavy atom. The van der Waals surface area contributed by atoms with E-state index < -0.39 is 0 Å². The van der Waals surface area contributed by atoms with Crippen LogP contribution in [0.3, 0.4) is 0 Å². The molecule has 0 radical (unpaired) electrons. The number of rotatable bonds is 0. The van der Waals surface area contributed by atoms with E-state index in [0.717, 1.165) is 0 Å². The molecule has 0 atom stereocenters. The summed E-state index contributed by atoms with van der Waals surface area (Å²) in [4.78, 5) is 0. The highest BCUT2D eigenvalue weighted by molar-refractivity contribution is 5.23. The van der Waals surface area contributed by atoms with Crippen molar-refractivity contribution in [1.82, 2.24) is 0 Å². The molecule has 0 nitrogen and oxygen atoms in total. The summed E-state index contributed by atoms with van der Waals surface area (Å²) >= 11 is 0. The van der Waals surface area contributed by atoms with Gasteiger partial charge in [-0.05, 0) is 26.0 Å². The van der Waals surface area contributed by atoms with Gasteiger partial charge in [-0.25, -0.2) is 0 Å². The lowest BCUT2D eigenvalue weighted by Crippen LogP contribution is -1.47. The van der Waals surface area contributed by atoms with Crippen LogP contribution in [0.25, 0.3) is 0 Å². The van der Waals surface area contributed by atoms with Gasteiger partial charge in [-0.3, -0.25) is 0 Å². The van der Waals surface area contributed by atoms with Crippen molar-refractivity contribution in [2.45, 2.75) is 13.8 Å². The Hall–Kier alpha value is -1.14. The van der Waals surface area contributed by atoms with Gasteiger partial charge >= 0.3 is 0 Å². The Balaban J connectivity index is 3.56. The summed E-state index contributed by atoms with van der Waals surface area (Å²) in [6, 6.07) is 0. The summed E-state index contributed by atoms with van der Waals surface area (Å²) in [5.74, 6) is 10.9. The van der Waals surface area contributed by atoms with Crippen LogP contribution < -0.4 is 0 Å². The molecule has 40 valence electrons. The summed E-state index contributed by atoms with van der Waals surface area (Å²) in [7, 11) is 0. The molecule has 0 spiro atoms. The van der Waals surface area contributed by atoms with Crippen LogP contribution in [0.15, 0.2) is 12.2 Å².